The minimum Gasteiger partial charge on any atom is -0.359 e. The van der Waals surface area contributed by atoms with Gasteiger partial charge in [-0.25, -0.2) is 4.98 Å². The molecule has 22 heavy (non-hydrogen) atoms. The van der Waals surface area contributed by atoms with Crippen LogP contribution in [0.1, 0.15) is 18.4 Å². The molecule has 0 bridgehead atoms. The van der Waals surface area contributed by atoms with Crippen LogP contribution in [-0.4, -0.2) is 64.2 Å². The van der Waals surface area contributed by atoms with Gasteiger partial charge in [0.2, 0.25) is 0 Å². The third-order valence-corrected chi connectivity index (χ3v) is 4.20. The van der Waals surface area contributed by atoms with Crippen molar-refractivity contribution >= 4 is 19.4 Å². The fourth-order valence-electron chi connectivity index (χ4n) is 3.20. The van der Waals surface area contributed by atoms with Crippen LogP contribution in [0.4, 0.5) is 5.82 Å². The largest absolute Gasteiger partial charge is 0.359 e. The smallest absolute Gasteiger partial charge is 0.132 e. The minimum absolute atomic E-state index is 0.380. The van der Waals surface area contributed by atoms with Crippen molar-refractivity contribution in [2.45, 2.75) is 18.3 Å². The Labute approximate surface area is 133 Å². The molecule has 1 saturated heterocycles. The molecular formula is C16H28N4O2. The van der Waals surface area contributed by atoms with Gasteiger partial charge in [-0.05, 0) is 46.1 Å². The van der Waals surface area contributed by atoms with Crippen molar-refractivity contribution in [1.29, 1.82) is 0 Å². The highest BCUT2D eigenvalue weighted by Crippen LogP contribution is 2.44. The minimum atomic E-state index is 0.380. The van der Waals surface area contributed by atoms with Gasteiger partial charge in [-0.3, -0.25) is 0 Å². The first-order valence-corrected chi connectivity index (χ1v) is 7.22. The number of anilines is 1. The van der Waals surface area contributed by atoms with E-state index in [1.54, 1.807) is 0 Å². The molecule has 0 aliphatic carbocycles. The van der Waals surface area contributed by atoms with E-state index in [4.69, 9.17) is 9.59 Å². The first-order valence-electron chi connectivity index (χ1n) is 7.22. The van der Waals surface area contributed by atoms with Crippen molar-refractivity contribution in [3.63, 3.8) is 0 Å². The van der Waals surface area contributed by atoms with E-state index < -0.39 is 0 Å². The van der Waals surface area contributed by atoms with E-state index in [-0.39, 0.29) is 0 Å². The van der Waals surface area contributed by atoms with Crippen molar-refractivity contribution in [1.82, 2.24) is 9.88 Å². The number of carbonyl (C=O) groups is 2. The number of aromatic nitrogens is 1. The van der Waals surface area contributed by atoms with Crippen LogP contribution >= 0.6 is 0 Å². The second-order valence-electron chi connectivity index (χ2n) is 5.31. The summed E-state index contributed by atoms with van der Waals surface area (Å²) in [7, 11) is 5.88. The maximum Gasteiger partial charge on any atom is 0.132 e. The van der Waals surface area contributed by atoms with Crippen LogP contribution in [0, 0.1) is 0 Å². The number of rotatable bonds is 0. The standard InChI is InChI=1S/C13H19N3.CH5N.2CH2O/c1-15-8-5-13(6-9-15)10-16(2)12-11(13)4-3-7-14-12;3*1-2/h3-4,7H,5-6,8-10H2,1-2H3;2H2,1H3;2*1H2. The van der Waals surface area contributed by atoms with Gasteiger partial charge in [0.1, 0.15) is 19.4 Å². The lowest BCUT2D eigenvalue weighted by Gasteiger charge is -2.38. The Bertz CT molecular complexity index is 432. The van der Waals surface area contributed by atoms with E-state index in [1.165, 1.54) is 44.4 Å². The van der Waals surface area contributed by atoms with Crippen LogP contribution in [-0.2, 0) is 15.0 Å². The van der Waals surface area contributed by atoms with Gasteiger partial charge in [0.25, 0.3) is 0 Å². The van der Waals surface area contributed by atoms with E-state index in [2.05, 4.69) is 46.7 Å². The number of fused-ring (bicyclic) bond motifs is 2. The molecule has 3 rings (SSSR count). The summed E-state index contributed by atoms with van der Waals surface area (Å²) in [6.07, 6.45) is 4.45. The average Bonchev–Trinajstić information content (AvgIpc) is 2.89. The topological polar surface area (TPSA) is 79.5 Å². The SMILES string of the molecule is C=O.C=O.CN.CN1CCC2(CC1)CN(C)c1ncccc12. The summed E-state index contributed by atoms with van der Waals surface area (Å²) < 4.78 is 0. The fraction of sp³-hybridized carbons (Fsp3) is 0.562. The number of likely N-dealkylation sites (tertiary alicyclic amines) is 1. The van der Waals surface area contributed by atoms with Crippen molar-refractivity contribution in [2.75, 3.05) is 45.7 Å². The molecule has 6 heteroatoms. The third-order valence-electron chi connectivity index (χ3n) is 4.20. The lowest BCUT2D eigenvalue weighted by atomic mass is 9.75. The van der Waals surface area contributed by atoms with Crippen molar-refractivity contribution in [3.8, 4) is 0 Å². The average molecular weight is 308 g/mol. The van der Waals surface area contributed by atoms with Crippen LogP contribution in [0.5, 0.6) is 0 Å². The fourth-order valence-corrected chi connectivity index (χ4v) is 3.20. The van der Waals surface area contributed by atoms with Crippen LogP contribution < -0.4 is 10.6 Å². The summed E-state index contributed by atoms with van der Waals surface area (Å²) >= 11 is 0. The first-order chi connectivity index (χ1) is 10.7. The highest BCUT2D eigenvalue weighted by molar-refractivity contribution is 5.57. The molecule has 1 aromatic rings. The third kappa shape index (κ3) is 4.11. The molecular weight excluding hydrogens is 280 g/mol. The maximum atomic E-state index is 8.00. The van der Waals surface area contributed by atoms with Crippen LogP contribution in [0.2, 0.25) is 0 Å². The van der Waals surface area contributed by atoms with E-state index in [0.29, 0.717) is 5.41 Å². The quantitative estimate of drug-likeness (QED) is 0.760. The second-order valence-corrected chi connectivity index (χ2v) is 5.31. The molecule has 1 aromatic heterocycles. The summed E-state index contributed by atoms with van der Waals surface area (Å²) in [5.41, 5.74) is 6.36. The van der Waals surface area contributed by atoms with Gasteiger partial charge in [0, 0.05) is 30.8 Å². The highest BCUT2D eigenvalue weighted by atomic mass is 16.1. The summed E-state index contributed by atoms with van der Waals surface area (Å²) in [5.74, 6) is 1.20. The molecule has 0 saturated carbocycles. The molecule has 2 aliphatic heterocycles. The van der Waals surface area contributed by atoms with Crippen molar-refractivity contribution < 1.29 is 9.59 Å². The van der Waals surface area contributed by atoms with Gasteiger partial charge < -0.3 is 25.1 Å². The predicted octanol–water partition coefficient (Wildman–Crippen LogP) is 0.700. The summed E-state index contributed by atoms with van der Waals surface area (Å²) in [4.78, 5) is 25.3. The highest BCUT2D eigenvalue weighted by Gasteiger charge is 2.43. The molecule has 2 aliphatic rings. The summed E-state index contributed by atoms with van der Waals surface area (Å²) in [6, 6.07) is 4.36. The Kier molecular flexibility index (Phi) is 9.21. The van der Waals surface area contributed by atoms with Crippen LogP contribution in [0.25, 0.3) is 0 Å². The molecule has 0 radical (unpaired) electrons. The van der Waals surface area contributed by atoms with Gasteiger partial charge in [-0.2, -0.15) is 0 Å². The number of pyridine rings is 1. The number of nitrogens with zero attached hydrogens (tertiary/aromatic N) is 3. The molecule has 2 N–H and O–H groups in total. The summed E-state index contributed by atoms with van der Waals surface area (Å²) in [5, 5.41) is 0. The van der Waals surface area contributed by atoms with Gasteiger partial charge >= 0.3 is 0 Å². The van der Waals surface area contributed by atoms with E-state index in [0.717, 1.165) is 6.54 Å². The Hall–Kier alpha value is -1.79. The van der Waals surface area contributed by atoms with E-state index in [1.807, 2.05) is 19.8 Å². The zero-order valence-electron chi connectivity index (χ0n) is 13.9. The zero-order chi connectivity index (χ0) is 17.2. The predicted molar refractivity (Wildman–Crippen MR) is 90.3 cm³/mol. The molecule has 0 atom stereocenters. The molecule has 1 fully saturated rings. The van der Waals surface area contributed by atoms with Gasteiger partial charge in [0.05, 0.1) is 0 Å². The van der Waals surface area contributed by atoms with Gasteiger partial charge in [-0.1, -0.05) is 6.07 Å². The number of likely N-dealkylation sites (N-methyl/N-ethyl adjacent to an activating group) is 1. The lowest BCUT2D eigenvalue weighted by Crippen LogP contribution is -2.43. The van der Waals surface area contributed by atoms with E-state index in [9.17, 15) is 0 Å². The second kappa shape index (κ2) is 10.0. The molecule has 6 nitrogen and oxygen atoms in total. The Morgan fingerprint density at radius 3 is 2.23 bits per heavy atom. The summed E-state index contributed by atoms with van der Waals surface area (Å²) in [6.45, 7) is 7.57. The van der Waals surface area contributed by atoms with Crippen molar-refractivity contribution in [2.24, 2.45) is 5.73 Å². The monoisotopic (exact) mass is 308 g/mol. The molecule has 3 heterocycles. The molecule has 0 unspecified atom stereocenters. The number of hydrogen-bond acceptors (Lipinski definition) is 6. The van der Waals surface area contributed by atoms with E-state index >= 15 is 0 Å². The molecule has 0 amide bonds. The Morgan fingerprint density at radius 1 is 1.14 bits per heavy atom. The van der Waals surface area contributed by atoms with Crippen molar-refractivity contribution in [3.05, 3.63) is 23.9 Å². The molecule has 124 valence electrons. The Morgan fingerprint density at radius 2 is 1.68 bits per heavy atom. The van der Waals surface area contributed by atoms with Crippen LogP contribution in [0.3, 0.4) is 0 Å². The lowest BCUT2D eigenvalue weighted by molar-refractivity contribution is -0.0987. The van der Waals surface area contributed by atoms with Gasteiger partial charge in [0.15, 0.2) is 0 Å². The number of carbonyl (C=O) groups excluding carboxylic acids is 2. The molecule has 0 aromatic carbocycles. The maximum absolute atomic E-state index is 8.00. The number of piperidine rings is 1. The number of nitrogens with two attached hydrogens (primary N) is 1. The van der Waals surface area contributed by atoms with Crippen LogP contribution in [0.15, 0.2) is 18.3 Å². The molecule has 1 spiro atoms. The first kappa shape index (κ1) is 20.2. The Balaban J connectivity index is 0.000000661. The van der Waals surface area contributed by atoms with Gasteiger partial charge in [-0.15, -0.1) is 0 Å². The number of hydrogen-bond donors (Lipinski definition) is 1. The zero-order valence-corrected chi connectivity index (χ0v) is 13.9. The normalized spacial score (nSPS) is 17.9.